The van der Waals surface area contributed by atoms with Crippen molar-refractivity contribution in [2.45, 2.75) is 117 Å². The summed E-state index contributed by atoms with van der Waals surface area (Å²) in [7, 11) is 0. The second-order valence-electron chi connectivity index (χ2n) is 20.8. The van der Waals surface area contributed by atoms with Crippen LogP contribution in [0, 0.1) is 52.3 Å². The predicted octanol–water partition coefficient (Wildman–Crippen LogP) is 13.5. The van der Waals surface area contributed by atoms with Gasteiger partial charge in [-0.3, -0.25) is 4.79 Å². The van der Waals surface area contributed by atoms with Crippen LogP contribution in [0.25, 0.3) is 0 Å². The monoisotopic (exact) mass is 850 g/mol. The predicted molar refractivity (Wildman–Crippen MR) is 242 cm³/mol. The van der Waals surface area contributed by atoms with Gasteiger partial charge in [-0.05, 0) is 182 Å². The first kappa shape index (κ1) is 43.0. The van der Waals surface area contributed by atoms with Crippen LogP contribution in [-0.2, 0) is 10.2 Å². The maximum Gasteiger partial charge on any atom is 0.347 e. The first-order chi connectivity index (χ1) is 30.2. The SMILES string of the molecule is CC(C)CCCC(C)C1CCC2C3CCC4CC(c5ccc(Oc6ccc(C(=O)O)c(C=O)c6)cc5)(c5ccc(Oc6ccc7c(c6)C(=O)OC7=O)cc5)CCC4(C)C3CCC12C. The lowest BCUT2D eigenvalue weighted by Gasteiger charge is -2.63. The highest BCUT2D eigenvalue weighted by atomic mass is 16.6. The van der Waals surface area contributed by atoms with Crippen LogP contribution in [0.1, 0.15) is 164 Å². The molecular weight excluding hydrogens is 789 g/mol. The molecule has 4 saturated carbocycles. The van der Waals surface area contributed by atoms with Gasteiger partial charge in [0.15, 0.2) is 6.29 Å². The van der Waals surface area contributed by atoms with Crippen LogP contribution in [0.2, 0.25) is 0 Å². The third-order valence-corrected chi connectivity index (χ3v) is 17.2. The number of carboxylic acids is 1. The minimum atomic E-state index is -1.16. The van der Waals surface area contributed by atoms with Gasteiger partial charge in [0.1, 0.15) is 23.0 Å². The zero-order valence-corrected chi connectivity index (χ0v) is 37.5. The van der Waals surface area contributed by atoms with E-state index in [4.69, 9.17) is 14.2 Å². The summed E-state index contributed by atoms with van der Waals surface area (Å²) in [6.07, 6.45) is 15.9. The van der Waals surface area contributed by atoms with Crippen LogP contribution in [0.5, 0.6) is 23.0 Å². The van der Waals surface area contributed by atoms with Gasteiger partial charge in [-0.2, -0.15) is 0 Å². The van der Waals surface area contributed by atoms with Gasteiger partial charge in [-0.25, -0.2) is 14.4 Å². The Hall–Kier alpha value is -5.24. The third-order valence-electron chi connectivity index (χ3n) is 17.2. The number of benzene rings is 4. The molecule has 5 aliphatic rings. The molecule has 0 aromatic heterocycles. The Bertz CT molecular complexity index is 2400. The molecule has 9 atom stereocenters. The number of carbonyl (C=O) groups excluding carboxylic acids is 3. The normalized spacial score (nSPS) is 30.1. The van der Waals surface area contributed by atoms with Crippen molar-refractivity contribution in [3.05, 3.63) is 118 Å². The summed E-state index contributed by atoms with van der Waals surface area (Å²) in [6, 6.07) is 26.0. The van der Waals surface area contributed by atoms with Gasteiger partial charge < -0.3 is 19.3 Å². The number of aromatic carboxylic acids is 1. The lowest BCUT2D eigenvalue weighted by Crippen LogP contribution is -2.55. The van der Waals surface area contributed by atoms with Crippen molar-refractivity contribution in [3.8, 4) is 23.0 Å². The lowest BCUT2D eigenvalue weighted by atomic mass is 9.42. The van der Waals surface area contributed by atoms with E-state index in [2.05, 4.69) is 58.9 Å². The Morgan fingerprint density at radius 3 is 1.98 bits per heavy atom. The van der Waals surface area contributed by atoms with E-state index >= 15 is 0 Å². The first-order valence-corrected chi connectivity index (χ1v) is 23.5. The summed E-state index contributed by atoms with van der Waals surface area (Å²) in [4.78, 5) is 47.6. The minimum Gasteiger partial charge on any atom is -0.478 e. The van der Waals surface area contributed by atoms with Crippen LogP contribution in [-0.4, -0.2) is 29.3 Å². The average molecular weight is 851 g/mol. The van der Waals surface area contributed by atoms with Crippen LogP contribution in [0.15, 0.2) is 84.9 Å². The van der Waals surface area contributed by atoms with Crippen molar-refractivity contribution < 1.29 is 38.5 Å². The molecule has 8 heteroatoms. The van der Waals surface area contributed by atoms with Gasteiger partial charge in [-0.15, -0.1) is 0 Å². The molecule has 63 heavy (non-hydrogen) atoms. The molecule has 4 aromatic carbocycles. The molecule has 9 rings (SSSR count). The number of fused-ring (bicyclic) bond motifs is 6. The topological polar surface area (TPSA) is 116 Å². The van der Waals surface area contributed by atoms with Crippen LogP contribution >= 0.6 is 0 Å². The maximum absolute atomic E-state index is 12.3. The fraction of sp³-hybridized carbons (Fsp3) is 0.491. The van der Waals surface area contributed by atoms with Gasteiger partial charge >= 0.3 is 17.9 Å². The van der Waals surface area contributed by atoms with Crippen molar-refractivity contribution in [3.63, 3.8) is 0 Å². The molecule has 4 fully saturated rings. The number of esters is 2. The molecule has 1 heterocycles. The largest absolute Gasteiger partial charge is 0.478 e. The molecule has 8 nitrogen and oxygen atoms in total. The van der Waals surface area contributed by atoms with Crippen molar-refractivity contribution in [1.82, 2.24) is 0 Å². The third kappa shape index (κ3) is 7.69. The summed E-state index contributed by atoms with van der Waals surface area (Å²) in [5.41, 5.74) is 3.40. The molecule has 4 aromatic rings. The van der Waals surface area contributed by atoms with E-state index in [1.54, 1.807) is 24.3 Å². The summed E-state index contributed by atoms with van der Waals surface area (Å²) in [5.74, 6) is 5.02. The molecule has 0 amide bonds. The number of cyclic esters (lactones) is 2. The average Bonchev–Trinajstić information content (AvgIpc) is 3.77. The first-order valence-electron chi connectivity index (χ1n) is 23.5. The van der Waals surface area contributed by atoms with E-state index in [0.29, 0.717) is 40.6 Å². The number of aldehydes is 1. The number of carboxylic acid groups (broad SMARTS) is 1. The Kier molecular flexibility index (Phi) is 11.4. The van der Waals surface area contributed by atoms with Gasteiger partial charge in [-0.1, -0.05) is 78.1 Å². The van der Waals surface area contributed by atoms with Gasteiger partial charge in [0.25, 0.3) is 0 Å². The molecular formula is C55H62O8. The Morgan fingerprint density at radius 1 is 0.714 bits per heavy atom. The summed E-state index contributed by atoms with van der Waals surface area (Å²) in [5, 5.41) is 9.50. The number of ether oxygens (including phenoxy) is 3. The Balaban J connectivity index is 0.984. The van der Waals surface area contributed by atoms with Crippen molar-refractivity contribution in [2.75, 3.05) is 0 Å². The highest BCUT2D eigenvalue weighted by Crippen LogP contribution is 2.70. The van der Waals surface area contributed by atoms with Crippen LogP contribution in [0.3, 0.4) is 0 Å². The second kappa shape index (κ2) is 16.7. The number of hydrogen-bond donors (Lipinski definition) is 1. The zero-order valence-electron chi connectivity index (χ0n) is 37.5. The van der Waals surface area contributed by atoms with E-state index in [9.17, 15) is 24.3 Å². The molecule has 0 spiro atoms. The standard InChI is InChI=1S/C55H62O8/c1-33(2)7-6-8-34(3)47-23-24-48-45-20-13-38-31-55(28-27-53(38,4)49(45)25-26-54(47,48)5,36-9-14-39(15-10-36)61-41-18-21-43(50(57)58)35(29-41)32-56)37-11-16-40(17-12-37)62-42-19-22-44-46(30-42)52(60)63-51(44)59/h9-12,14-19,21-22,29-30,32-34,38,45,47-49H,6-8,13,20,23-28,31H2,1-5H3,(H,57,58). The van der Waals surface area contributed by atoms with E-state index in [1.165, 1.54) is 81.0 Å². The van der Waals surface area contributed by atoms with Crippen LogP contribution < -0.4 is 9.47 Å². The number of carbonyl (C=O) groups is 4. The van der Waals surface area contributed by atoms with Gasteiger partial charge in [0.05, 0.1) is 16.7 Å². The number of rotatable bonds is 13. The van der Waals surface area contributed by atoms with E-state index in [1.807, 2.05) is 24.3 Å². The Labute approximate surface area is 372 Å². The van der Waals surface area contributed by atoms with E-state index < -0.39 is 17.9 Å². The van der Waals surface area contributed by atoms with Crippen molar-refractivity contribution in [1.29, 1.82) is 0 Å². The van der Waals surface area contributed by atoms with Crippen LogP contribution in [0.4, 0.5) is 0 Å². The minimum absolute atomic E-state index is 0.0605. The maximum atomic E-state index is 12.3. The number of hydrogen-bond acceptors (Lipinski definition) is 7. The van der Waals surface area contributed by atoms with Gasteiger partial charge in [0.2, 0.25) is 0 Å². The molecule has 4 aliphatic carbocycles. The van der Waals surface area contributed by atoms with Crippen molar-refractivity contribution >= 4 is 24.2 Å². The smallest absolute Gasteiger partial charge is 0.347 e. The molecule has 1 aliphatic heterocycles. The summed E-state index contributed by atoms with van der Waals surface area (Å²) in [6.45, 7) is 12.6. The second-order valence-corrected chi connectivity index (χ2v) is 20.8. The summed E-state index contributed by atoms with van der Waals surface area (Å²) < 4.78 is 17.2. The molecule has 0 radical (unpaired) electrons. The fourth-order valence-corrected chi connectivity index (χ4v) is 14.0. The highest BCUT2D eigenvalue weighted by molar-refractivity contribution is 6.14. The Morgan fingerprint density at radius 2 is 1.33 bits per heavy atom. The molecule has 0 bridgehead atoms. The van der Waals surface area contributed by atoms with E-state index in [-0.39, 0.29) is 33.1 Å². The quantitative estimate of drug-likeness (QED) is 0.0803. The fourth-order valence-electron chi connectivity index (χ4n) is 14.0. The lowest BCUT2D eigenvalue weighted by molar-refractivity contribution is -0.122. The van der Waals surface area contributed by atoms with Crippen molar-refractivity contribution in [2.24, 2.45) is 52.3 Å². The highest BCUT2D eigenvalue weighted by Gasteiger charge is 2.62. The molecule has 9 unspecified atom stereocenters. The zero-order chi connectivity index (χ0) is 44.3. The molecule has 0 saturated heterocycles. The molecule has 1 N–H and O–H groups in total. The van der Waals surface area contributed by atoms with Gasteiger partial charge in [0, 0.05) is 11.0 Å². The molecule has 330 valence electrons. The van der Waals surface area contributed by atoms with E-state index in [0.717, 1.165) is 54.8 Å². The summed E-state index contributed by atoms with van der Waals surface area (Å²) >= 11 is 0.